The Hall–Kier alpha value is -1.57. The van der Waals surface area contributed by atoms with Crippen molar-refractivity contribution in [3.05, 3.63) is 11.1 Å². The smallest absolute Gasteiger partial charge is 0.306 e. The normalized spacial score (nSPS) is 43.0. The molecule has 7 heteroatoms. The molecule has 5 saturated carbocycles. The molecule has 0 aromatic heterocycles. The molecule has 1 aliphatic heterocycles. The fourth-order valence-electron chi connectivity index (χ4n) is 14.4. The summed E-state index contributed by atoms with van der Waals surface area (Å²) in [7, 11) is 3.75. The van der Waals surface area contributed by atoms with Crippen molar-refractivity contribution in [1.29, 1.82) is 0 Å². The van der Waals surface area contributed by atoms with Crippen LogP contribution in [-0.4, -0.2) is 62.9 Å². The first-order valence-corrected chi connectivity index (χ1v) is 21.8. The highest BCUT2D eigenvalue weighted by Crippen LogP contribution is 2.72. The largest absolute Gasteiger partial charge is 0.481 e. The molecule has 7 nitrogen and oxygen atoms in total. The first-order valence-electron chi connectivity index (χ1n) is 21.8. The molecule has 0 radical (unpaired) electrons. The van der Waals surface area contributed by atoms with Crippen molar-refractivity contribution in [3.8, 4) is 0 Å². The van der Waals surface area contributed by atoms with E-state index in [2.05, 4.69) is 50.6 Å². The summed E-state index contributed by atoms with van der Waals surface area (Å²) < 4.78 is 0. The van der Waals surface area contributed by atoms with Crippen LogP contribution in [0.3, 0.4) is 0 Å². The van der Waals surface area contributed by atoms with Crippen molar-refractivity contribution in [3.63, 3.8) is 0 Å². The van der Waals surface area contributed by atoms with E-state index in [0.717, 1.165) is 51.4 Å². The summed E-state index contributed by atoms with van der Waals surface area (Å²) >= 11 is 0. The minimum absolute atomic E-state index is 0.0222. The Morgan fingerprint density at radius 1 is 0.885 bits per heavy atom. The van der Waals surface area contributed by atoms with Crippen LogP contribution in [0.4, 0.5) is 0 Å². The van der Waals surface area contributed by atoms with Gasteiger partial charge in [0.25, 0.3) is 0 Å². The molecule has 294 valence electrons. The lowest BCUT2D eigenvalue weighted by Crippen LogP contribution is -2.60. The van der Waals surface area contributed by atoms with E-state index in [0.29, 0.717) is 76.7 Å². The Morgan fingerprint density at radius 3 is 2.19 bits per heavy atom. The number of hydrogen-bond donors (Lipinski definition) is 4. The standard InChI is InChI=1S/C43H68N2O4.C2H7N/c1-25(2)38-36(47)23-43(17-20-45-24-28-12-18-44-19-13-28)16-11-34-30(39(38)43)7-8-37-41(5)14-9-29(26(3)33(41)10-15-42(34,37)6)21-35(46)31-22-32(27(31)4)40(48)49;1-3-2/h25-34,37,44-45H,7-24H2,1-6H3,(H,48,49);3H,1-2H3. The molecule has 12 unspecified atom stereocenters. The Labute approximate surface area is 316 Å². The van der Waals surface area contributed by atoms with Crippen molar-refractivity contribution in [2.75, 3.05) is 40.3 Å². The van der Waals surface area contributed by atoms with E-state index in [1.807, 2.05) is 21.0 Å². The van der Waals surface area contributed by atoms with Gasteiger partial charge in [-0.15, -0.1) is 0 Å². The van der Waals surface area contributed by atoms with Gasteiger partial charge in [-0.05, 0) is 187 Å². The molecular formula is C45H75N3O4. The average Bonchev–Trinajstić information content (AvgIpc) is 3.40. The van der Waals surface area contributed by atoms with Gasteiger partial charge in [-0.1, -0.05) is 47.1 Å². The zero-order valence-electron chi connectivity index (χ0n) is 34.3. The molecule has 7 aliphatic rings. The summed E-state index contributed by atoms with van der Waals surface area (Å²) in [4.78, 5) is 38.8. The van der Waals surface area contributed by atoms with Crippen LogP contribution in [0.5, 0.6) is 0 Å². The zero-order valence-corrected chi connectivity index (χ0v) is 34.3. The lowest BCUT2D eigenvalue weighted by atomic mass is 9.37. The topological polar surface area (TPSA) is 108 Å². The van der Waals surface area contributed by atoms with E-state index >= 15 is 0 Å². The van der Waals surface area contributed by atoms with Crippen molar-refractivity contribution in [2.24, 2.45) is 81.3 Å². The van der Waals surface area contributed by atoms with Crippen molar-refractivity contribution < 1.29 is 19.5 Å². The van der Waals surface area contributed by atoms with Crippen molar-refractivity contribution in [2.45, 2.75) is 131 Å². The average molecular weight is 722 g/mol. The van der Waals surface area contributed by atoms with E-state index in [1.165, 1.54) is 63.4 Å². The number of carbonyl (C=O) groups excluding carboxylic acids is 2. The second kappa shape index (κ2) is 15.9. The van der Waals surface area contributed by atoms with Gasteiger partial charge in [0.1, 0.15) is 5.78 Å². The highest BCUT2D eigenvalue weighted by atomic mass is 16.4. The quantitative estimate of drug-likeness (QED) is 0.170. The number of carbonyl (C=O) groups is 3. The molecule has 0 spiro atoms. The van der Waals surface area contributed by atoms with Gasteiger partial charge in [0.2, 0.25) is 0 Å². The number of piperidine rings is 1. The Kier molecular flexibility index (Phi) is 12.3. The summed E-state index contributed by atoms with van der Waals surface area (Å²) in [5, 5.41) is 19.6. The number of Topliss-reactive ketones (excluding diaryl/α,β-unsaturated/α-hetero) is 2. The highest BCUT2D eigenvalue weighted by molar-refractivity contribution is 6.00. The maximum absolute atomic E-state index is 13.9. The van der Waals surface area contributed by atoms with Crippen LogP contribution >= 0.6 is 0 Å². The number of aliphatic carboxylic acids is 1. The molecule has 0 aromatic rings. The lowest BCUT2D eigenvalue weighted by molar-refractivity contribution is -0.172. The van der Waals surface area contributed by atoms with Gasteiger partial charge >= 0.3 is 5.97 Å². The Bertz CT molecular complexity index is 1350. The maximum Gasteiger partial charge on any atom is 0.306 e. The summed E-state index contributed by atoms with van der Waals surface area (Å²) in [6.07, 6.45) is 15.5. The first kappa shape index (κ1) is 40.1. The number of fused-ring (bicyclic) bond motifs is 7. The number of allylic oxidation sites excluding steroid dienone is 2. The van der Waals surface area contributed by atoms with Crippen LogP contribution in [0, 0.1) is 81.3 Å². The van der Waals surface area contributed by atoms with Gasteiger partial charge < -0.3 is 21.1 Å². The van der Waals surface area contributed by atoms with Crippen LogP contribution in [0.25, 0.3) is 0 Å². The number of carboxylic acid groups (broad SMARTS) is 1. The molecule has 6 aliphatic carbocycles. The first-order chi connectivity index (χ1) is 24.7. The number of carboxylic acids is 1. The molecule has 0 aromatic carbocycles. The zero-order chi connectivity index (χ0) is 37.6. The third-order valence-electron chi connectivity index (χ3n) is 17.2. The number of ketones is 2. The van der Waals surface area contributed by atoms with Crippen LogP contribution in [0.1, 0.15) is 131 Å². The SMILES string of the molecule is CC(C)C1=C2C3CCC4C(C)(CCC5C(C)C(CC(=O)C6CC(C(=O)O)C6C)CCC54C)C3CCC2(CCNCC2CCNCC2)CC1=O.CNC. The summed E-state index contributed by atoms with van der Waals surface area (Å²) in [5.41, 5.74) is 3.55. The van der Waals surface area contributed by atoms with Gasteiger partial charge in [-0.25, -0.2) is 0 Å². The second-order valence-electron chi connectivity index (χ2n) is 20.0. The maximum atomic E-state index is 13.9. The molecule has 6 fully saturated rings. The van der Waals surface area contributed by atoms with Gasteiger partial charge in [0.05, 0.1) is 5.92 Å². The van der Waals surface area contributed by atoms with Crippen LogP contribution in [-0.2, 0) is 14.4 Å². The van der Waals surface area contributed by atoms with E-state index in [1.54, 1.807) is 5.57 Å². The third kappa shape index (κ3) is 7.04. The molecule has 1 heterocycles. The Balaban J connectivity index is 0.00000150. The van der Waals surface area contributed by atoms with Gasteiger partial charge in [0.15, 0.2) is 5.78 Å². The van der Waals surface area contributed by atoms with Gasteiger partial charge in [-0.3, -0.25) is 14.4 Å². The van der Waals surface area contributed by atoms with Crippen LogP contribution in [0.15, 0.2) is 11.1 Å². The lowest BCUT2D eigenvalue weighted by Gasteiger charge is -2.67. The van der Waals surface area contributed by atoms with Gasteiger partial charge in [-0.2, -0.15) is 0 Å². The Morgan fingerprint density at radius 2 is 1.54 bits per heavy atom. The predicted octanol–water partition coefficient (Wildman–Crippen LogP) is 7.93. The number of hydrogen-bond acceptors (Lipinski definition) is 6. The van der Waals surface area contributed by atoms with E-state index in [9.17, 15) is 19.5 Å². The fraction of sp³-hybridized carbons (Fsp3) is 0.889. The molecule has 1 saturated heterocycles. The summed E-state index contributed by atoms with van der Waals surface area (Å²) in [6, 6.07) is 0. The van der Waals surface area contributed by atoms with Crippen LogP contribution in [0.2, 0.25) is 0 Å². The monoisotopic (exact) mass is 722 g/mol. The molecule has 7 rings (SSSR count). The third-order valence-corrected chi connectivity index (χ3v) is 17.2. The molecule has 12 atom stereocenters. The summed E-state index contributed by atoms with van der Waals surface area (Å²) in [6.45, 7) is 18.7. The predicted molar refractivity (Wildman–Crippen MR) is 210 cm³/mol. The number of rotatable bonds is 10. The number of nitrogens with one attached hydrogen (secondary N) is 3. The summed E-state index contributed by atoms with van der Waals surface area (Å²) in [5.74, 6) is 4.31. The minimum atomic E-state index is -0.738. The molecule has 52 heavy (non-hydrogen) atoms. The molecule has 4 N–H and O–H groups in total. The minimum Gasteiger partial charge on any atom is -0.481 e. The highest BCUT2D eigenvalue weighted by Gasteiger charge is 2.64. The van der Waals surface area contributed by atoms with Crippen LogP contribution < -0.4 is 16.0 Å². The van der Waals surface area contributed by atoms with Crippen molar-refractivity contribution >= 4 is 17.5 Å². The molecule has 0 amide bonds. The van der Waals surface area contributed by atoms with E-state index in [-0.39, 0.29) is 23.2 Å². The molecular weight excluding hydrogens is 647 g/mol. The fourth-order valence-corrected chi connectivity index (χ4v) is 14.4. The van der Waals surface area contributed by atoms with E-state index in [4.69, 9.17) is 0 Å². The van der Waals surface area contributed by atoms with Crippen molar-refractivity contribution in [1.82, 2.24) is 16.0 Å². The van der Waals surface area contributed by atoms with E-state index < -0.39 is 5.97 Å². The van der Waals surface area contributed by atoms with Gasteiger partial charge in [0, 0.05) is 24.2 Å². The molecule has 0 bridgehead atoms. The second-order valence-corrected chi connectivity index (χ2v) is 20.0.